The van der Waals surface area contributed by atoms with Crippen molar-refractivity contribution in [2.75, 3.05) is 62.4 Å². The molecular formula is C67H161N13O14. The first kappa shape index (κ1) is 173. The lowest BCUT2D eigenvalue weighted by Crippen LogP contribution is -2.54. The van der Waals surface area contributed by atoms with Gasteiger partial charge in [-0.2, -0.15) is 0 Å². The Bertz CT molecular complexity index is 1290. The summed E-state index contributed by atoms with van der Waals surface area (Å²) in [5.74, 6) is 2.06. The van der Waals surface area contributed by atoms with Gasteiger partial charge in [-0.15, -0.1) is 0 Å². The van der Waals surface area contributed by atoms with Crippen LogP contribution in [0.25, 0.3) is 0 Å². The molecule has 1 fully saturated rings. The summed E-state index contributed by atoms with van der Waals surface area (Å²) >= 11 is 0. The van der Waals surface area contributed by atoms with E-state index in [4.69, 9.17) is 53.1 Å². The topological polar surface area (TPSA) is 557 Å². The Kier molecular flexibility index (Phi) is 423. The number of piperidine rings is 1. The highest BCUT2D eigenvalue weighted by molar-refractivity contribution is 5.91. The van der Waals surface area contributed by atoms with Crippen LogP contribution in [0.15, 0.2) is 60.7 Å². The number of nitrogens with one attached hydrogen (secondary N) is 1. The largest absolute Gasteiger partial charge is 0.394 e. The number of hydrogen-bond acceptors (Lipinski definition) is 24. The van der Waals surface area contributed by atoms with Crippen LogP contribution in [0.5, 0.6) is 0 Å². The quantitative estimate of drug-likeness (QED) is 0.111. The second-order valence-corrected chi connectivity index (χ2v) is 15.2. The van der Waals surface area contributed by atoms with Gasteiger partial charge in [0.2, 0.25) is 17.7 Å². The molecule has 0 spiro atoms. The Labute approximate surface area is 578 Å². The molecule has 0 bridgehead atoms. The maximum Gasteiger partial charge on any atom is 0.244 e. The van der Waals surface area contributed by atoms with Gasteiger partial charge in [0, 0.05) is 39.6 Å². The second kappa shape index (κ2) is 230. The molecule has 3 amide bonds. The highest BCUT2D eigenvalue weighted by atomic mass is 16.3. The van der Waals surface area contributed by atoms with Gasteiger partial charge in [0.15, 0.2) is 0 Å². The van der Waals surface area contributed by atoms with Crippen LogP contribution in [0.2, 0.25) is 0 Å². The van der Waals surface area contributed by atoms with Crippen molar-refractivity contribution in [3.05, 3.63) is 71.8 Å². The average molecular weight is 1370 g/mol. The maximum absolute atomic E-state index is 12.8. The number of hydrogen-bond donors (Lipinski definition) is 12. The van der Waals surface area contributed by atoms with E-state index in [1.807, 2.05) is 151 Å². The smallest absolute Gasteiger partial charge is 0.244 e. The molecule has 0 aliphatic carbocycles. The maximum atomic E-state index is 12.8. The number of aryl methyl sites for hydroxylation is 1. The standard InChI is InChI=1S/C20H29N3O3.C8H10.2C5H12.C4H10.C3H8O.3C2H6.6CH5N.10CH2O.4H3N/c1-15(20(26)23-12-8-5-9-13-23)21-19(25)18(22(3)16(2)24)14-17-10-6-4-7-11-17;1-2-8-6-4-3-5-7-8;2*1-4-5(2)3;1-4(2)3;1-3(2)4;19*1-2;;;;/h4,6-7,10-11,15,18H,5,8-9,12-14H2,1-3H3,(H,21,25);3-7H,2H2,1H3;2*5H,4H2,1-3H3;4H,1-3H3;3-4H,1-2H3;3*1-2H3;6*2H2,1H3;10*1H2;4*1H3/t15-,18-;;;;;;;;;;;;;;;;;;;;;;;;;;;;/m0............................/s1. The first-order valence-electron chi connectivity index (χ1n) is 29.3. The van der Waals surface area contributed by atoms with Gasteiger partial charge in [0.25, 0.3) is 0 Å². The van der Waals surface area contributed by atoms with Gasteiger partial charge in [0.05, 0.1) is 0 Å². The van der Waals surface area contributed by atoms with Gasteiger partial charge in [-0.25, -0.2) is 0 Å². The lowest BCUT2D eigenvalue weighted by molar-refractivity contribution is -0.140. The van der Waals surface area contributed by atoms with E-state index in [-0.39, 0.29) is 48.4 Å². The number of carbonyl (C=O) groups is 13. The molecule has 0 saturated carbocycles. The molecular weight excluding hydrogens is 1210 g/mol. The number of likely N-dealkylation sites (tertiary alicyclic amines) is 1. The van der Waals surface area contributed by atoms with Gasteiger partial charge in [-0.1, -0.05) is 184 Å². The predicted octanol–water partition coefficient (Wildman–Crippen LogP) is 9.32. The first-order chi connectivity index (χ1) is 43.3. The van der Waals surface area contributed by atoms with E-state index in [0.29, 0.717) is 6.42 Å². The summed E-state index contributed by atoms with van der Waals surface area (Å²) in [7, 11) is 10.6. The fourth-order valence-corrected chi connectivity index (χ4v) is 3.94. The molecule has 94 heavy (non-hydrogen) atoms. The number of benzene rings is 2. The van der Waals surface area contributed by atoms with E-state index in [0.717, 1.165) is 62.1 Å². The minimum absolute atomic E-state index is 0. The summed E-state index contributed by atoms with van der Waals surface area (Å²) < 4.78 is 0. The summed E-state index contributed by atoms with van der Waals surface area (Å²) in [5.41, 5.74) is 29.4. The van der Waals surface area contributed by atoms with Crippen molar-refractivity contribution in [3.8, 4) is 0 Å². The predicted molar refractivity (Wildman–Crippen MR) is 410 cm³/mol. The zero-order valence-corrected chi connectivity index (χ0v) is 65.6. The van der Waals surface area contributed by atoms with E-state index < -0.39 is 12.1 Å². The average Bonchev–Trinajstić information content (AvgIpc) is 3.24. The fraction of sp³-hybridized carbons (Fsp3) is 0.627. The third-order valence-corrected chi connectivity index (χ3v) is 7.82. The molecule has 1 aliphatic rings. The Balaban J connectivity index is -0.0000000242. The Morgan fingerprint density at radius 1 is 0.457 bits per heavy atom. The lowest BCUT2D eigenvalue weighted by Gasteiger charge is -2.31. The molecule has 0 radical (unpaired) electrons. The highest BCUT2D eigenvalue weighted by Crippen LogP contribution is 2.12. The van der Waals surface area contributed by atoms with Crippen LogP contribution in [-0.4, -0.2) is 181 Å². The molecule has 2 atom stereocenters. The molecule has 1 saturated heterocycles. The van der Waals surface area contributed by atoms with E-state index in [1.54, 1.807) is 27.8 Å². The number of likely N-dealkylation sites (N-methyl/N-ethyl adjacent to an activating group) is 1. The summed E-state index contributed by atoms with van der Waals surface area (Å²) in [6, 6.07) is 18.8. The molecule has 1 aliphatic heterocycles. The number of carbonyl (C=O) groups excluding carboxylic acids is 13. The first-order valence-corrected chi connectivity index (χ1v) is 29.3. The number of nitrogens with two attached hydrogens (primary N) is 6. The summed E-state index contributed by atoms with van der Waals surface area (Å²) in [5, 5.41) is 10.9. The van der Waals surface area contributed by atoms with Crippen LogP contribution in [0, 0.1) is 17.8 Å². The van der Waals surface area contributed by atoms with Crippen LogP contribution in [0.4, 0.5) is 0 Å². The summed E-state index contributed by atoms with van der Waals surface area (Å²) in [6.45, 7) is 62.0. The molecule has 3 rings (SSSR count). The van der Waals surface area contributed by atoms with Crippen molar-refractivity contribution in [2.45, 2.75) is 202 Å². The van der Waals surface area contributed by atoms with Crippen LogP contribution in [0.1, 0.15) is 182 Å². The van der Waals surface area contributed by atoms with Crippen LogP contribution >= 0.6 is 0 Å². The van der Waals surface area contributed by atoms with Crippen molar-refractivity contribution in [2.24, 2.45) is 52.2 Å². The minimum atomic E-state index is -0.647. The number of nitrogens with zero attached hydrogens (tertiary/aromatic N) is 2. The van der Waals surface area contributed by atoms with Gasteiger partial charge >= 0.3 is 0 Å². The SMILES string of the molecule is C=O.C=O.C=O.C=O.C=O.C=O.C=O.C=O.C=O.C=O.CC.CC.CC.CC(=O)N(C)[C@@H](Cc1ccccc1)C(=O)N[C@@H](C)C(=O)N1CCCCC1.CC(C)C.CC(C)O.CCC(C)C.CCC(C)C.CCc1ccccc1.CN.CN.CN.CN.CN.CN.N.N.N.N. The third kappa shape index (κ3) is 230. The Morgan fingerprint density at radius 2 is 0.660 bits per heavy atom. The Hall–Kier alpha value is -6.89. The number of aliphatic hydroxyl groups is 1. The summed E-state index contributed by atoms with van der Waals surface area (Å²) in [6.07, 6.45) is 7.16. The van der Waals surface area contributed by atoms with Crippen molar-refractivity contribution in [1.82, 2.24) is 39.7 Å². The number of amides is 3. The van der Waals surface area contributed by atoms with E-state index >= 15 is 0 Å². The monoisotopic (exact) mass is 1370 g/mol. The van der Waals surface area contributed by atoms with Gasteiger partial charge < -0.3 is 127 Å². The van der Waals surface area contributed by atoms with Crippen LogP contribution in [0.3, 0.4) is 0 Å². The van der Waals surface area contributed by atoms with Crippen molar-refractivity contribution < 1.29 is 67.4 Å². The lowest BCUT2D eigenvalue weighted by atomic mass is 10.0. The molecule has 26 N–H and O–H groups in total. The Morgan fingerprint density at radius 3 is 0.830 bits per heavy atom. The van der Waals surface area contributed by atoms with Crippen molar-refractivity contribution in [3.63, 3.8) is 0 Å². The second-order valence-electron chi connectivity index (χ2n) is 15.2. The number of rotatable bonds is 9. The number of aliphatic hydroxyl groups excluding tert-OH is 1. The highest BCUT2D eigenvalue weighted by Gasteiger charge is 2.29. The van der Waals surface area contributed by atoms with E-state index in [9.17, 15) is 14.4 Å². The summed E-state index contributed by atoms with van der Waals surface area (Å²) in [4.78, 5) is 120. The van der Waals surface area contributed by atoms with Crippen molar-refractivity contribution in [1.29, 1.82) is 0 Å². The molecule has 0 aromatic heterocycles. The zero-order chi connectivity index (χ0) is 78.6. The third-order valence-electron chi connectivity index (χ3n) is 7.82. The molecule has 578 valence electrons. The van der Waals surface area contributed by atoms with Gasteiger partial charge in [0.1, 0.15) is 80.0 Å². The molecule has 1 heterocycles. The van der Waals surface area contributed by atoms with Crippen LogP contribution in [-0.2, 0) is 75.2 Å². The molecule has 27 heteroatoms. The van der Waals surface area contributed by atoms with Gasteiger partial charge in [-0.05, 0) is 118 Å². The zero-order valence-electron chi connectivity index (χ0n) is 65.6. The van der Waals surface area contributed by atoms with E-state index in [1.165, 1.54) is 72.5 Å². The van der Waals surface area contributed by atoms with Crippen molar-refractivity contribution >= 4 is 85.6 Å². The molecule has 2 aromatic rings. The van der Waals surface area contributed by atoms with E-state index in [2.05, 4.69) is 133 Å². The minimum Gasteiger partial charge on any atom is -0.394 e. The molecule has 2 aromatic carbocycles. The normalized spacial score (nSPS) is 8.13. The molecule has 0 unspecified atom stereocenters. The molecule has 27 nitrogen and oxygen atoms in total. The van der Waals surface area contributed by atoms with Gasteiger partial charge in [-0.3, -0.25) is 14.4 Å². The van der Waals surface area contributed by atoms with Crippen LogP contribution < -0.4 is 64.3 Å². The fourth-order valence-electron chi connectivity index (χ4n) is 3.94.